The molecular weight excluding hydrogens is 364 g/mol. The summed E-state index contributed by atoms with van der Waals surface area (Å²) in [5.74, 6) is -0.371. The van der Waals surface area contributed by atoms with Crippen LogP contribution in [0.5, 0.6) is 0 Å². The summed E-state index contributed by atoms with van der Waals surface area (Å²) in [4.78, 5) is 12.2. The fourth-order valence-electron chi connectivity index (χ4n) is 2.58. The van der Waals surface area contributed by atoms with Crippen molar-refractivity contribution in [3.63, 3.8) is 0 Å². The van der Waals surface area contributed by atoms with Crippen molar-refractivity contribution in [3.8, 4) is 0 Å². The number of anilines is 1. The number of amides is 1. The van der Waals surface area contributed by atoms with Gasteiger partial charge in [0.15, 0.2) is 0 Å². The maximum atomic E-state index is 12.2. The first kappa shape index (κ1) is 20.9. The first-order valence-corrected chi connectivity index (χ1v) is 10.6. The molecule has 0 bridgehead atoms. The summed E-state index contributed by atoms with van der Waals surface area (Å²) < 4.78 is 31.0. The maximum Gasteiger partial charge on any atom is 0.240 e. The van der Waals surface area contributed by atoms with E-state index in [0.29, 0.717) is 25.4 Å². The monoisotopic (exact) mass is 390 g/mol. The molecule has 0 aliphatic carbocycles. The van der Waals surface area contributed by atoms with Crippen LogP contribution < -0.4 is 9.62 Å². The summed E-state index contributed by atoms with van der Waals surface area (Å²) in [6, 6.07) is 15.3. The van der Waals surface area contributed by atoms with Crippen LogP contribution >= 0.6 is 0 Å². The molecule has 0 saturated carbocycles. The Morgan fingerprint density at radius 3 is 2.48 bits per heavy atom. The zero-order valence-electron chi connectivity index (χ0n) is 15.9. The van der Waals surface area contributed by atoms with Crippen LogP contribution in [-0.4, -0.2) is 40.3 Å². The highest BCUT2D eigenvalue weighted by molar-refractivity contribution is 7.92. The Hall–Kier alpha value is -2.38. The molecule has 0 aromatic heterocycles. The van der Waals surface area contributed by atoms with Crippen LogP contribution in [0.15, 0.2) is 48.5 Å². The van der Waals surface area contributed by atoms with Gasteiger partial charge in [0, 0.05) is 6.54 Å². The number of carbonyl (C=O) groups is 1. The summed E-state index contributed by atoms with van der Waals surface area (Å²) in [6.07, 6.45) is 1.10. The van der Waals surface area contributed by atoms with Crippen LogP contribution in [0, 0.1) is 13.8 Å². The number of carbonyl (C=O) groups excluding carboxylic acids is 1. The zero-order valence-corrected chi connectivity index (χ0v) is 16.8. The molecule has 2 aromatic carbocycles. The van der Waals surface area contributed by atoms with Gasteiger partial charge in [0.2, 0.25) is 15.9 Å². The number of nitrogens with zero attached hydrogens (tertiary/aromatic N) is 1. The first-order valence-electron chi connectivity index (χ1n) is 8.70. The Bertz CT molecular complexity index is 867. The third-order valence-electron chi connectivity index (χ3n) is 4.00. The lowest BCUT2D eigenvalue weighted by molar-refractivity contribution is -0.119. The largest absolute Gasteiger partial charge is 0.375 e. The topological polar surface area (TPSA) is 75.7 Å². The van der Waals surface area contributed by atoms with Crippen molar-refractivity contribution in [1.82, 2.24) is 5.32 Å². The van der Waals surface area contributed by atoms with Gasteiger partial charge in [-0.2, -0.15) is 0 Å². The molecule has 0 aliphatic heterocycles. The molecule has 0 saturated heterocycles. The summed E-state index contributed by atoms with van der Waals surface area (Å²) in [6.45, 7) is 4.57. The lowest BCUT2D eigenvalue weighted by Gasteiger charge is -2.24. The van der Waals surface area contributed by atoms with Crippen molar-refractivity contribution in [2.24, 2.45) is 0 Å². The second kappa shape index (κ2) is 9.53. The number of rotatable bonds is 9. The van der Waals surface area contributed by atoms with Gasteiger partial charge in [0.1, 0.15) is 6.54 Å². The van der Waals surface area contributed by atoms with E-state index < -0.39 is 10.0 Å². The molecule has 1 N–H and O–H groups in total. The van der Waals surface area contributed by atoms with Gasteiger partial charge in [-0.3, -0.25) is 9.10 Å². The molecule has 6 nitrogen and oxygen atoms in total. The van der Waals surface area contributed by atoms with E-state index in [4.69, 9.17) is 4.74 Å². The van der Waals surface area contributed by atoms with E-state index in [1.54, 1.807) is 6.07 Å². The molecule has 0 atom stereocenters. The minimum absolute atomic E-state index is 0.262. The molecule has 0 unspecified atom stereocenters. The predicted molar refractivity (Wildman–Crippen MR) is 107 cm³/mol. The molecule has 0 aliphatic rings. The lowest BCUT2D eigenvalue weighted by atomic mass is 10.1. The van der Waals surface area contributed by atoms with Gasteiger partial charge in [0.05, 0.1) is 25.2 Å². The SMILES string of the molecule is Cc1ccc(C)c(N(CC(=O)NCCOCc2ccccc2)S(C)(=O)=O)c1. The lowest BCUT2D eigenvalue weighted by Crippen LogP contribution is -2.41. The van der Waals surface area contributed by atoms with Crippen LogP contribution in [-0.2, 0) is 26.2 Å². The number of hydrogen-bond acceptors (Lipinski definition) is 4. The van der Waals surface area contributed by atoms with Gasteiger partial charge in [-0.05, 0) is 36.6 Å². The van der Waals surface area contributed by atoms with E-state index in [9.17, 15) is 13.2 Å². The molecule has 0 radical (unpaired) electrons. The Kier molecular flexibility index (Phi) is 7.38. The number of sulfonamides is 1. The van der Waals surface area contributed by atoms with E-state index in [1.165, 1.54) is 0 Å². The Balaban J connectivity index is 1.88. The van der Waals surface area contributed by atoms with Crippen molar-refractivity contribution in [3.05, 3.63) is 65.2 Å². The van der Waals surface area contributed by atoms with Gasteiger partial charge in [-0.15, -0.1) is 0 Å². The van der Waals surface area contributed by atoms with Gasteiger partial charge in [-0.25, -0.2) is 8.42 Å². The highest BCUT2D eigenvalue weighted by Crippen LogP contribution is 2.23. The van der Waals surface area contributed by atoms with Crippen LogP contribution in [0.4, 0.5) is 5.69 Å². The van der Waals surface area contributed by atoms with Crippen molar-refractivity contribution in [2.45, 2.75) is 20.5 Å². The van der Waals surface area contributed by atoms with Crippen LogP contribution in [0.2, 0.25) is 0 Å². The van der Waals surface area contributed by atoms with E-state index >= 15 is 0 Å². The molecule has 146 valence electrons. The summed E-state index contributed by atoms with van der Waals surface area (Å²) >= 11 is 0. The highest BCUT2D eigenvalue weighted by Gasteiger charge is 2.22. The molecule has 0 spiro atoms. The number of ether oxygens (including phenoxy) is 1. The van der Waals surface area contributed by atoms with Crippen LogP contribution in [0.25, 0.3) is 0 Å². The van der Waals surface area contributed by atoms with Gasteiger partial charge >= 0.3 is 0 Å². The zero-order chi connectivity index (χ0) is 19.9. The fraction of sp³-hybridized carbons (Fsp3) is 0.350. The second-order valence-corrected chi connectivity index (χ2v) is 8.35. The standard InChI is InChI=1S/C20H26N2O4S/c1-16-9-10-17(2)19(13-16)22(27(3,24)25)14-20(23)21-11-12-26-15-18-7-5-4-6-8-18/h4-10,13H,11-12,14-15H2,1-3H3,(H,21,23). The van der Waals surface area contributed by atoms with Gasteiger partial charge in [0.25, 0.3) is 0 Å². The average molecular weight is 391 g/mol. The number of aryl methyl sites for hydroxylation is 2. The molecule has 2 rings (SSSR count). The van der Waals surface area contributed by atoms with Crippen molar-refractivity contribution in [2.75, 3.05) is 30.3 Å². The second-order valence-electron chi connectivity index (χ2n) is 6.45. The minimum atomic E-state index is -3.58. The summed E-state index contributed by atoms with van der Waals surface area (Å²) in [5, 5.41) is 2.71. The number of benzene rings is 2. The van der Waals surface area contributed by atoms with E-state index in [-0.39, 0.29) is 12.5 Å². The molecule has 27 heavy (non-hydrogen) atoms. The maximum absolute atomic E-state index is 12.2. The van der Waals surface area contributed by atoms with E-state index in [2.05, 4.69) is 5.32 Å². The number of hydrogen-bond donors (Lipinski definition) is 1. The normalized spacial score (nSPS) is 11.2. The molecular formula is C20H26N2O4S. The molecule has 7 heteroatoms. The van der Waals surface area contributed by atoms with Crippen molar-refractivity contribution in [1.29, 1.82) is 0 Å². The highest BCUT2D eigenvalue weighted by atomic mass is 32.2. The Morgan fingerprint density at radius 1 is 1.11 bits per heavy atom. The van der Waals surface area contributed by atoms with Crippen molar-refractivity contribution >= 4 is 21.6 Å². The Labute approximate surface area is 161 Å². The molecule has 0 fully saturated rings. The quantitative estimate of drug-likeness (QED) is 0.667. The number of nitrogens with one attached hydrogen (secondary N) is 1. The third kappa shape index (κ3) is 6.69. The van der Waals surface area contributed by atoms with Crippen LogP contribution in [0.1, 0.15) is 16.7 Å². The first-order chi connectivity index (χ1) is 12.8. The smallest absolute Gasteiger partial charge is 0.240 e. The summed E-state index contributed by atoms with van der Waals surface area (Å²) in [5.41, 5.74) is 3.30. The van der Waals surface area contributed by atoms with Gasteiger partial charge in [-0.1, -0.05) is 42.5 Å². The minimum Gasteiger partial charge on any atom is -0.375 e. The van der Waals surface area contributed by atoms with Crippen molar-refractivity contribution < 1.29 is 17.9 Å². The van der Waals surface area contributed by atoms with E-state index in [1.807, 2.05) is 56.3 Å². The fourth-order valence-corrected chi connectivity index (χ4v) is 3.49. The molecule has 1 amide bonds. The third-order valence-corrected chi connectivity index (χ3v) is 5.13. The predicted octanol–water partition coefficient (Wildman–Crippen LogP) is 2.40. The summed E-state index contributed by atoms with van der Waals surface area (Å²) in [7, 11) is -3.58. The average Bonchev–Trinajstić information content (AvgIpc) is 2.61. The van der Waals surface area contributed by atoms with Crippen LogP contribution in [0.3, 0.4) is 0 Å². The molecule has 2 aromatic rings. The molecule has 0 heterocycles. The van der Waals surface area contributed by atoms with E-state index in [0.717, 1.165) is 27.3 Å². The van der Waals surface area contributed by atoms with Gasteiger partial charge < -0.3 is 10.1 Å². The Morgan fingerprint density at radius 2 is 1.81 bits per heavy atom.